The number of rotatable bonds is 6. The Labute approximate surface area is 113 Å². The fourth-order valence-corrected chi connectivity index (χ4v) is 2.31. The van der Waals surface area contributed by atoms with E-state index in [9.17, 15) is 0 Å². The largest absolute Gasteiger partial charge is 0.497 e. The highest BCUT2D eigenvalue weighted by Gasteiger charge is 2.40. The summed E-state index contributed by atoms with van der Waals surface area (Å²) in [5.41, 5.74) is 0.806. The van der Waals surface area contributed by atoms with Gasteiger partial charge in [0.05, 0.1) is 33.0 Å². The number of hydrogen-bond acceptors (Lipinski definition) is 5. The quantitative estimate of drug-likeness (QED) is 0.850. The fraction of sp³-hybridized carbons (Fsp3) is 0.571. The van der Waals surface area contributed by atoms with Crippen molar-refractivity contribution >= 4 is 0 Å². The van der Waals surface area contributed by atoms with E-state index >= 15 is 0 Å². The molecule has 0 amide bonds. The molecule has 0 spiro atoms. The maximum Gasteiger partial charge on any atom is 0.198 e. The summed E-state index contributed by atoms with van der Waals surface area (Å²) in [5, 5.41) is 9.05. The normalized spacial score (nSPS) is 17.4. The Morgan fingerprint density at radius 2 is 1.95 bits per heavy atom. The Morgan fingerprint density at radius 3 is 2.53 bits per heavy atom. The third kappa shape index (κ3) is 2.83. The van der Waals surface area contributed by atoms with E-state index in [0.717, 1.165) is 11.3 Å². The maximum absolute atomic E-state index is 9.05. The molecule has 5 nitrogen and oxygen atoms in total. The number of benzene rings is 1. The predicted octanol–water partition coefficient (Wildman–Crippen LogP) is 1.68. The van der Waals surface area contributed by atoms with E-state index in [0.29, 0.717) is 31.8 Å². The summed E-state index contributed by atoms with van der Waals surface area (Å²) < 4.78 is 22.2. The van der Waals surface area contributed by atoms with Gasteiger partial charge in [0.2, 0.25) is 0 Å². The van der Waals surface area contributed by atoms with Crippen molar-refractivity contribution in [1.82, 2.24) is 0 Å². The second-order valence-electron chi connectivity index (χ2n) is 4.34. The van der Waals surface area contributed by atoms with Gasteiger partial charge < -0.3 is 24.1 Å². The second-order valence-corrected chi connectivity index (χ2v) is 4.34. The van der Waals surface area contributed by atoms with E-state index in [2.05, 4.69) is 0 Å². The van der Waals surface area contributed by atoms with Crippen LogP contribution in [0.3, 0.4) is 0 Å². The zero-order valence-corrected chi connectivity index (χ0v) is 11.3. The third-order valence-electron chi connectivity index (χ3n) is 3.23. The lowest BCUT2D eigenvalue weighted by Gasteiger charge is -2.29. The van der Waals surface area contributed by atoms with Crippen LogP contribution in [-0.2, 0) is 15.3 Å². The number of ether oxygens (including phenoxy) is 4. The number of aliphatic hydroxyl groups excluding tert-OH is 1. The van der Waals surface area contributed by atoms with Gasteiger partial charge in [-0.05, 0) is 24.6 Å². The van der Waals surface area contributed by atoms with Crippen molar-refractivity contribution in [1.29, 1.82) is 0 Å². The first-order valence-corrected chi connectivity index (χ1v) is 6.37. The Bertz CT molecular complexity index is 412. The fourth-order valence-electron chi connectivity index (χ4n) is 2.31. The molecule has 1 heterocycles. The molecule has 0 atom stereocenters. The van der Waals surface area contributed by atoms with Gasteiger partial charge in [0.1, 0.15) is 11.5 Å². The van der Waals surface area contributed by atoms with Crippen molar-refractivity contribution in [3.63, 3.8) is 0 Å². The first kappa shape index (κ1) is 14.1. The number of hydrogen-bond donors (Lipinski definition) is 1. The highest BCUT2D eigenvalue weighted by Crippen LogP contribution is 2.42. The van der Waals surface area contributed by atoms with Gasteiger partial charge in [0.15, 0.2) is 5.79 Å². The smallest absolute Gasteiger partial charge is 0.198 e. The standard InChI is InChI=1S/C14H20O5/c1-16-11-4-5-13(17-2)12(10-11)14(6-3-7-15)18-8-9-19-14/h4-5,10,15H,3,6-9H2,1-2H3. The van der Waals surface area contributed by atoms with Crippen LogP contribution in [0.5, 0.6) is 11.5 Å². The highest BCUT2D eigenvalue weighted by molar-refractivity contribution is 5.43. The monoisotopic (exact) mass is 268 g/mol. The van der Waals surface area contributed by atoms with Crippen molar-refractivity contribution in [2.45, 2.75) is 18.6 Å². The Kier molecular flexibility index (Phi) is 4.63. The third-order valence-corrected chi connectivity index (χ3v) is 3.23. The van der Waals surface area contributed by atoms with Crippen molar-refractivity contribution in [2.24, 2.45) is 0 Å². The molecule has 19 heavy (non-hydrogen) atoms. The molecule has 1 aliphatic heterocycles. The van der Waals surface area contributed by atoms with Gasteiger partial charge >= 0.3 is 0 Å². The van der Waals surface area contributed by atoms with Crippen molar-refractivity contribution in [2.75, 3.05) is 34.0 Å². The first-order valence-electron chi connectivity index (χ1n) is 6.37. The summed E-state index contributed by atoms with van der Waals surface area (Å²) in [6.45, 7) is 1.17. The predicted molar refractivity (Wildman–Crippen MR) is 69.4 cm³/mol. The van der Waals surface area contributed by atoms with Crippen LogP contribution in [0.15, 0.2) is 18.2 Å². The van der Waals surface area contributed by atoms with Crippen molar-refractivity contribution in [3.05, 3.63) is 23.8 Å². The summed E-state index contributed by atoms with van der Waals surface area (Å²) in [6, 6.07) is 5.53. The van der Waals surface area contributed by atoms with Crippen LogP contribution in [0.1, 0.15) is 18.4 Å². The van der Waals surface area contributed by atoms with Gasteiger partial charge in [-0.2, -0.15) is 0 Å². The summed E-state index contributed by atoms with van der Waals surface area (Å²) in [4.78, 5) is 0. The summed E-state index contributed by atoms with van der Waals surface area (Å²) in [5.74, 6) is 0.571. The van der Waals surface area contributed by atoms with Gasteiger partial charge in [-0.1, -0.05) is 0 Å². The Hall–Kier alpha value is -1.30. The molecule has 0 aromatic heterocycles. The number of methoxy groups -OCH3 is 2. The molecular weight excluding hydrogens is 248 g/mol. The Morgan fingerprint density at radius 1 is 1.21 bits per heavy atom. The molecule has 5 heteroatoms. The zero-order chi connectivity index (χ0) is 13.7. The van der Waals surface area contributed by atoms with E-state index in [1.54, 1.807) is 14.2 Å². The molecule has 1 N–H and O–H groups in total. The molecule has 1 fully saturated rings. The minimum absolute atomic E-state index is 0.0980. The Balaban J connectivity index is 2.39. The first-order chi connectivity index (χ1) is 9.25. The van der Waals surface area contributed by atoms with E-state index in [1.165, 1.54) is 0 Å². The molecule has 1 aromatic carbocycles. The average molecular weight is 268 g/mol. The molecule has 0 saturated carbocycles. The van der Waals surface area contributed by atoms with Crippen LogP contribution >= 0.6 is 0 Å². The SMILES string of the molecule is COc1ccc(OC)c(C2(CCCO)OCCO2)c1. The van der Waals surface area contributed by atoms with Gasteiger partial charge in [0, 0.05) is 13.0 Å². The van der Waals surface area contributed by atoms with E-state index in [4.69, 9.17) is 24.1 Å². The molecule has 1 aromatic rings. The molecule has 0 unspecified atom stereocenters. The second kappa shape index (κ2) is 6.23. The van der Waals surface area contributed by atoms with E-state index < -0.39 is 5.79 Å². The molecule has 106 valence electrons. The van der Waals surface area contributed by atoms with Crippen LogP contribution in [0.2, 0.25) is 0 Å². The van der Waals surface area contributed by atoms with Gasteiger partial charge in [-0.25, -0.2) is 0 Å². The zero-order valence-electron chi connectivity index (χ0n) is 11.3. The van der Waals surface area contributed by atoms with Crippen LogP contribution in [0.25, 0.3) is 0 Å². The van der Waals surface area contributed by atoms with E-state index in [1.807, 2.05) is 18.2 Å². The molecule has 2 rings (SSSR count). The minimum atomic E-state index is -0.845. The van der Waals surface area contributed by atoms with Crippen molar-refractivity contribution < 1.29 is 24.1 Å². The van der Waals surface area contributed by atoms with Crippen LogP contribution in [0.4, 0.5) is 0 Å². The topological polar surface area (TPSA) is 57.2 Å². The molecule has 0 radical (unpaired) electrons. The number of aliphatic hydroxyl groups is 1. The summed E-state index contributed by atoms with van der Waals surface area (Å²) >= 11 is 0. The van der Waals surface area contributed by atoms with Crippen LogP contribution < -0.4 is 9.47 Å². The molecule has 0 bridgehead atoms. The summed E-state index contributed by atoms with van der Waals surface area (Å²) in [7, 11) is 3.22. The molecule has 0 aliphatic carbocycles. The van der Waals surface area contributed by atoms with Crippen LogP contribution in [0, 0.1) is 0 Å². The van der Waals surface area contributed by atoms with Crippen molar-refractivity contribution in [3.8, 4) is 11.5 Å². The van der Waals surface area contributed by atoms with Gasteiger partial charge in [-0.3, -0.25) is 0 Å². The lowest BCUT2D eigenvalue weighted by atomic mass is 9.99. The lowest BCUT2D eigenvalue weighted by Crippen LogP contribution is -2.28. The lowest BCUT2D eigenvalue weighted by molar-refractivity contribution is -0.173. The van der Waals surface area contributed by atoms with Crippen LogP contribution in [-0.4, -0.2) is 39.1 Å². The highest BCUT2D eigenvalue weighted by atomic mass is 16.7. The minimum Gasteiger partial charge on any atom is -0.497 e. The maximum atomic E-state index is 9.05. The van der Waals surface area contributed by atoms with Gasteiger partial charge in [-0.15, -0.1) is 0 Å². The molecule has 1 aliphatic rings. The van der Waals surface area contributed by atoms with E-state index in [-0.39, 0.29) is 6.61 Å². The van der Waals surface area contributed by atoms with Gasteiger partial charge in [0.25, 0.3) is 0 Å². The average Bonchev–Trinajstić information content (AvgIpc) is 2.94. The molecular formula is C14H20O5. The summed E-state index contributed by atoms with van der Waals surface area (Å²) in [6.07, 6.45) is 1.17. The molecule has 1 saturated heterocycles.